The monoisotopic (exact) mass is 336 g/mol. The summed E-state index contributed by atoms with van der Waals surface area (Å²) >= 11 is 0. The lowest BCUT2D eigenvalue weighted by atomic mass is 9.92. The van der Waals surface area contributed by atoms with Crippen LogP contribution >= 0.6 is 0 Å². The molecule has 130 valence electrons. The van der Waals surface area contributed by atoms with Crippen LogP contribution in [-0.4, -0.2) is 11.9 Å². The number of ether oxygens (including phenoxy) is 2. The Morgan fingerprint density at radius 2 is 1.88 bits per heavy atom. The second kappa shape index (κ2) is 6.75. The number of allylic oxidation sites excluding steroid dienone is 1. The number of aldehydes is 1. The lowest BCUT2D eigenvalue weighted by Crippen LogP contribution is -2.24. The fourth-order valence-corrected chi connectivity index (χ4v) is 3.39. The molecule has 1 heterocycles. The van der Waals surface area contributed by atoms with Crippen LogP contribution < -0.4 is 9.47 Å². The molecule has 0 radical (unpaired) electrons. The third-order valence-electron chi connectivity index (χ3n) is 4.60. The highest BCUT2D eigenvalue weighted by atomic mass is 16.5. The van der Waals surface area contributed by atoms with E-state index < -0.39 is 0 Å². The third-order valence-corrected chi connectivity index (χ3v) is 4.60. The summed E-state index contributed by atoms with van der Waals surface area (Å²) in [5.74, 6) is 1.76. The molecular weight excluding hydrogens is 312 g/mol. The summed E-state index contributed by atoms with van der Waals surface area (Å²) in [6.45, 7) is 8.79. The first-order chi connectivity index (χ1) is 11.9. The molecule has 0 aromatic heterocycles. The highest BCUT2D eigenvalue weighted by Gasteiger charge is 2.35. The van der Waals surface area contributed by atoms with Gasteiger partial charge in [0.05, 0.1) is 0 Å². The van der Waals surface area contributed by atoms with Crippen molar-refractivity contribution in [2.75, 3.05) is 0 Å². The number of benzene rings is 2. The molecule has 2 aromatic rings. The topological polar surface area (TPSA) is 35.5 Å². The second-order valence-electron chi connectivity index (χ2n) is 7.11. The molecule has 0 N–H and O–H groups in total. The van der Waals surface area contributed by atoms with Crippen LogP contribution in [0.15, 0.2) is 36.4 Å². The summed E-state index contributed by atoms with van der Waals surface area (Å²) in [5, 5.41) is 0. The van der Waals surface area contributed by atoms with E-state index in [9.17, 15) is 4.79 Å². The molecule has 0 aliphatic carbocycles. The summed E-state index contributed by atoms with van der Waals surface area (Å²) in [6, 6.07) is 10.1. The van der Waals surface area contributed by atoms with Crippen LogP contribution in [0, 0.1) is 13.8 Å². The van der Waals surface area contributed by atoms with E-state index in [-0.39, 0.29) is 5.60 Å². The predicted octanol–water partition coefficient (Wildman–Crippen LogP) is 4.81. The van der Waals surface area contributed by atoms with E-state index in [4.69, 9.17) is 9.47 Å². The van der Waals surface area contributed by atoms with Crippen LogP contribution in [0.5, 0.6) is 11.5 Å². The van der Waals surface area contributed by atoms with Crippen molar-refractivity contribution >= 4 is 12.4 Å². The molecular formula is C22H24O3. The van der Waals surface area contributed by atoms with Gasteiger partial charge in [0.15, 0.2) is 0 Å². The fraction of sp³-hybridized carbons (Fsp3) is 0.318. The van der Waals surface area contributed by atoms with E-state index in [2.05, 4.69) is 32.9 Å². The van der Waals surface area contributed by atoms with Crippen LogP contribution in [0.3, 0.4) is 0 Å². The molecule has 0 unspecified atom stereocenters. The molecule has 3 rings (SSSR count). The molecule has 3 nitrogen and oxygen atoms in total. The van der Waals surface area contributed by atoms with Crippen LogP contribution in [0.4, 0.5) is 0 Å². The Kier molecular flexibility index (Phi) is 4.67. The molecule has 3 heteroatoms. The van der Waals surface area contributed by atoms with E-state index in [1.807, 2.05) is 31.2 Å². The lowest BCUT2D eigenvalue weighted by Gasteiger charge is -2.19. The molecule has 1 aliphatic heterocycles. The van der Waals surface area contributed by atoms with E-state index in [0.717, 1.165) is 46.5 Å². The third kappa shape index (κ3) is 3.46. The van der Waals surface area contributed by atoms with Gasteiger partial charge < -0.3 is 9.47 Å². The van der Waals surface area contributed by atoms with Crippen molar-refractivity contribution in [3.63, 3.8) is 0 Å². The highest BCUT2D eigenvalue weighted by Crippen LogP contribution is 2.46. The predicted molar refractivity (Wildman–Crippen MR) is 100 cm³/mol. The van der Waals surface area contributed by atoms with Crippen molar-refractivity contribution in [3.8, 4) is 11.5 Å². The van der Waals surface area contributed by atoms with Gasteiger partial charge in [0.2, 0.25) is 0 Å². The van der Waals surface area contributed by atoms with Crippen LogP contribution in [0.1, 0.15) is 41.7 Å². The first kappa shape index (κ1) is 17.3. The minimum absolute atomic E-state index is 0.249. The molecule has 0 fully saturated rings. The maximum absolute atomic E-state index is 10.8. The van der Waals surface area contributed by atoms with Gasteiger partial charge in [0.1, 0.15) is 30.0 Å². The van der Waals surface area contributed by atoms with Gasteiger partial charge in [-0.15, -0.1) is 0 Å². The standard InChI is InChI=1S/C22H24O3/c1-15-18(11-8-12-23)21-19(13-22(3,4)25-21)16(2)20(15)24-14-17-9-6-5-7-10-17/h5-12H,13-14H2,1-4H3/b11-8+. The van der Waals surface area contributed by atoms with Gasteiger partial charge in [-0.1, -0.05) is 30.3 Å². The van der Waals surface area contributed by atoms with Crippen molar-refractivity contribution in [1.29, 1.82) is 0 Å². The fourth-order valence-electron chi connectivity index (χ4n) is 3.39. The summed E-state index contributed by atoms with van der Waals surface area (Å²) in [5.41, 5.74) is 5.11. The first-order valence-corrected chi connectivity index (χ1v) is 8.56. The van der Waals surface area contributed by atoms with Gasteiger partial charge >= 0.3 is 0 Å². The maximum atomic E-state index is 10.8. The molecule has 0 saturated carbocycles. The minimum Gasteiger partial charge on any atom is -0.488 e. The van der Waals surface area contributed by atoms with E-state index in [1.165, 1.54) is 11.6 Å². The van der Waals surface area contributed by atoms with Crippen molar-refractivity contribution in [3.05, 3.63) is 64.2 Å². The van der Waals surface area contributed by atoms with Gasteiger partial charge in [0.25, 0.3) is 0 Å². The van der Waals surface area contributed by atoms with E-state index >= 15 is 0 Å². The summed E-state index contributed by atoms with van der Waals surface area (Å²) in [7, 11) is 0. The van der Waals surface area contributed by atoms with E-state index in [1.54, 1.807) is 0 Å². The maximum Gasteiger partial charge on any atom is 0.142 e. The molecule has 2 aromatic carbocycles. The largest absolute Gasteiger partial charge is 0.488 e. The Bertz CT molecular complexity index is 817. The zero-order valence-electron chi connectivity index (χ0n) is 15.3. The molecule has 0 bridgehead atoms. The number of rotatable bonds is 5. The zero-order chi connectivity index (χ0) is 18.0. The summed E-state index contributed by atoms with van der Waals surface area (Å²) in [4.78, 5) is 10.8. The molecule has 0 saturated heterocycles. The van der Waals surface area contributed by atoms with Crippen molar-refractivity contribution < 1.29 is 14.3 Å². The average Bonchev–Trinajstić information content (AvgIpc) is 2.91. The number of carbonyl (C=O) groups excluding carboxylic acids is 1. The number of fused-ring (bicyclic) bond motifs is 1. The van der Waals surface area contributed by atoms with Gasteiger partial charge in [-0.25, -0.2) is 0 Å². The van der Waals surface area contributed by atoms with Crippen molar-refractivity contribution in [1.82, 2.24) is 0 Å². The molecule has 25 heavy (non-hydrogen) atoms. The quantitative estimate of drug-likeness (QED) is 0.581. The van der Waals surface area contributed by atoms with E-state index in [0.29, 0.717) is 6.61 Å². The Morgan fingerprint density at radius 3 is 2.56 bits per heavy atom. The Morgan fingerprint density at radius 1 is 1.16 bits per heavy atom. The molecule has 1 aliphatic rings. The van der Waals surface area contributed by atoms with Crippen LogP contribution in [-0.2, 0) is 17.8 Å². The van der Waals surface area contributed by atoms with Crippen molar-refractivity contribution in [2.45, 2.75) is 46.3 Å². The molecule has 0 amide bonds. The summed E-state index contributed by atoms with van der Waals surface area (Å²) in [6.07, 6.45) is 4.94. The SMILES string of the molecule is Cc1c(/C=C/C=O)c2c(c(C)c1OCc1ccccc1)CC(C)(C)O2. The minimum atomic E-state index is -0.249. The zero-order valence-corrected chi connectivity index (χ0v) is 15.3. The normalized spacial score (nSPS) is 15.0. The number of hydrogen-bond acceptors (Lipinski definition) is 3. The van der Waals surface area contributed by atoms with Crippen molar-refractivity contribution in [2.24, 2.45) is 0 Å². The summed E-state index contributed by atoms with van der Waals surface area (Å²) < 4.78 is 12.4. The highest BCUT2D eigenvalue weighted by molar-refractivity contribution is 5.79. The Hall–Kier alpha value is -2.55. The second-order valence-corrected chi connectivity index (χ2v) is 7.11. The van der Waals surface area contributed by atoms with Gasteiger partial charge in [0, 0.05) is 23.1 Å². The van der Waals surface area contributed by atoms with Gasteiger partial charge in [-0.05, 0) is 51.0 Å². The first-order valence-electron chi connectivity index (χ1n) is 8.56. The average molecular weight is 336 g/mol. The number of hydrogen-bond donors (Lipinski definition) is 0. The van der Waals surface area contributed by atoms with Crippen LogP contribution in [0.2, 0.25) is 0 Å². The van der Waals surface area contributed by atoms with Crippen LogP contribution in [0.25, 0.3) is 6.08 Å². The number of carbonyl (C=O) groups is 1. The lowest BCUT2D eigenvalue weighted by molar-refractivity contribution is -0.104. The Labute approximate surface area is 149 Å². The van der Waals surface area contributed by atoms with Gasteiger partial charge in [-0.2, -0.15) is 0 Å². The Balaban J connectivity index is 2.04. The molecule has 0 atom stereocenters. The van der Waals surface area contributed by atoms with Gasteiger partial charge in [-0.3, -0.25) is 4.79 Å². The molecule has 0 spiro atoms. The smallest absolute Gasteiger partial charge is 0.142 e.